The summed E-state index contributed by atoms with van der Waals surface area (Å²) in [5.41, 5.74) is 0.608. The fourth-order valence-electron chi connectivity index (χ4n) is 2.41. The molecular weight excluding hydrogens is 312 g/mol. The molecule has 0 spiro atoms. The summed E-state index contributed by atoms with van der Waals surface area (Å²) in [7, 11) is 1.56. The van der Waals surface area contributed by atoms with Crippen LogP contribution in [0.1, 0.15) is 39.5 Å². The molecule has 0 fully saturated rings. The van der Waals surface area contributed by atoms with Crippen LogP contribution in [0.15, 0.2) is 24.3 Å². The lowest BCUT2D eigenvalue weighted by Gasteiger charge is -2.21. The zero-order valence-corrected chi connectivity index (χ0v) is 14.5. The lowest BCUT2D eigenvalue weighted by molar-refractivity contribution is -0.524. The van der Waals surface area contributed by atoms with E-state index in [4.69, 9.17) is 9.47 Å². The molecule has 1 aromatic carbocycles. The average Bonchev–Trinajstić information content (AvgIpc) is 2.57. The van der Waals surface area contributed by atoms with Gasteiger partial charge >= 0.3 is 5.97 Å². The van der Waals surface area contributed by atoms with Crippen molar-refractivity contribution in [2.45, 2.75) is 51.6 Å². The van der Waals surface area contributed by atoms with Gasteiger partial charge in [0.1, 0.15) is 5.75 Å². The predicted octanol–water partition coefficient (Wildman–Crippen LogP) is 3.26. The first-order valence-corrected chi connectivity index (χ1v) is 8.24. The van der Waals surface area contributed by atoms with E-state index >= 15 is 0 Å². The Hall–Kier alpha value is -2.31. The van der Waals surface area contributed by atoms with E-state index < -0.39 is 23.0 Å². The molecule has 24 heavy (non-hydrogen) atoms. The quantitative estimate of drug-likeness (QED) is 0.288. The molecule has 0 aliphatic rings. The van der Waals surface area contributed by atoms with E-state index in [9.17, 15) is 14.9 Å². The summed E-state index contributed by atoms with van der Waals surface area (Å²) in [6.45, 7) is 3.89. The lowest BCUT2D eigenvalue weighted by Crippen LogP contribution is -2.46. The smallest absolute Gasteiger partial charge is 0.335 e. The van der Waals surface area contributed by atoms with E-state index in [1.807, 2.05) is 6.92 Å². The second kappa shape index (κ2) is 10.5. The van der Waals surface area contributed by atoms with Gasteiger partial charge in [0.05, 0.1) is 13.7 Å². The van der Waals surface area contributed by atoms with Gasteiger partial charge < -0.3 is 14.8 Å². The molecule has 0 bridgehead atoms. The van der Waals surface area contributed by atoms with Crippen molar-refractivity contribution in [3.05, 3.63) is 34.4 Å². The van der Waals surface area contributed by atoms with Crippen LogP contribution < -0.4 is 10.1 Å². The zero-order chi connectivity index (χ0) is 17.9. The van der Waals surface area contributed by atoms with Crippen molar-refractivity contribution >= 4 is 11.7 Å². The van der Waals surface area contributed by atoms with Crippen LogP contribution >= 0.6 is 0 Å². The Balaban J connectivity index is 2.94. The molecule has 0 unspecified atom stereocenters. The number of hydrogen-bond donors (Lipinski definition) is 1. The highest BCUT2D eigenvalue weighted by Gasteiger charge is 2.37. The first-order valence-electron chi connectivity index (χ1n) is 8.24. The molecule has 0 aliphatic carbocycles. The number of rotatable bonds is 11. The monoisotopic (exact) mass is 338 g/mol. The Bertz CT molecular complexity index is 518. The van der Waals surface area contributed by atoms with E-state index in [0.717, 1.165) is 12.8 Å². The minimum atomic E-state index is -1.03. The molecule has 1 rings (SSSR count). The Morgan fingerprint density at radius 3 is 2.42 bits per heavy atom. The summed E-state index contributed by atoms with van der Waals surface area (Å²) in [4.78, 5) is 23.3. The number of unbranched alkanes of at least 4 members (excludes halogenated alkanes) is 2. The largest absolute Gasteiger partial charge is 0.497 e. The number of carbonyl (C=O) groups is 1. The normalized spacial score (nSPS) is 13.0. The van der Waals surface area contributed by atoms with Crippen LogP contribution in [0, 0.1) is 10.1 Å². The highest BCUT2D eigenvalue weighted by Crippen LogP contribution is 2.19. The second-order valence-corrected chi connectivity index (χ2v) is 5.45. The molecule has 7 heteroatoms. The number of nitro groups is 1. The molecule has 134 valence electrons. The van der Waals surface area contributed by atoms with Gasteiger partial charge in [-0.25, -0.2) is 4.79 Å². The maximum atomic E-state index is 12.2. The number of benzene rings is 1. The van der Waals surface area contributed by atoms with Gasteiger partial charge in [-0.15, -0.1) is 0 Å². The van der Waals surface area contributed by atoms with Gasteiger partial charge in [0.25, 0.3) is 0 Å². The topological polar surface area (TPSA) is 90.7 Å². The number of methoxy groups -OCH3 is 1. The highest BCUT2D eigenvalue weighted by molar-refractivity contribution is 5.80. The Morgan fingerprint density at radius 2 is 1.92 bits per heavy atom. The van der Waals surface area contributed by atoms with Crippen LogP contribution in [0.5, 0.6) is 5.75 Å². The van der Waals surface area contributed by atoms with Gasteiger partial charge in [-0.05, 0) is 37.6 Å². The van der Waals surface area contributed by atoms with Crippen molar-refractivity contribution in [1.82, 2.24) is 0 Å². The van der Waals surface area contributed by atoms with Gasteiger partial charge in [-0.2, -0.15) is 0 Å². The molecule has 0 saturated heterocycles. The first-order chi connectivity index (χ1) is 11.5. The van der Waals surface area contributed by atoms with Crippen molar-refractivity contribution in [3.8, 4) is 5.75 Å². The number of nitrogens with zero attached hydrogens (tertiary/aromatic N) is 1. The number of anilines is 1. The molecule has 0 amide bonds. The molecule has 7 nitrogen and oxygen atoms in total. The average molecular weight is 338 g/mol. The minimum absolute atomic E-state index is 0.180. The van der Waals surface area contributed by atoms with Crippen molar-refractivity contribution < 1.29 is 19.2 Å². The zero-order valence-electron chi connectivity index (χ0n) is 14.5. The minimum Gasteiger partial charge on any atom is -0.497 e. The molecule has 2 atom stereocenters. The number of carbonyl (C=O) groups excluding carboxylic acids is 1. The van der Waals surface area contributed by atoms with Crippen LogP contribution in [0.25, 0.3) is 0 Å². The summed E-state index contributed by atoms with van der Waals surface area (Å²) in [6, 6.07) is 4.83. The third kappa shape index (κ3) is 6.06. The molecule has 0 aromatic heterocycles. The van der Waals surface area contributed by atoms with Gasteiger partial charge in [-0.1, -0.05) is 19.8 Å². The summed E-state index contributed by atoms with van der Waals surface area (Å²) in [5.74, 6) is 0.0634. The maximum absolute atomic E-state index is 12.2. The van der Waals surface area contributed by atoms with E-state index in [2.05, 4.69) is 5.32 Å². The molecular formula is C17H26N2O5. The van der Waals surface area contributed by atoms with Crippen molar-refractivity contribution in [2.75, 3.05) is 19.0 Å². The van der Waals surface area contributed by atoms with Crippen molar-refractivity contribution in [1.29, 1.82) is 0 Å². The van der Waals surface area contributed by atoms with Crippen molar-refractivity contribution in [3.63, 3.8) is 0 Å². The fourth-order valence-corrected chi connectivity index (χ4v) is 2.41. The van der Waals surface area contributed by atoms with Gasteiger partial charge in [0.2, 0.25) is 6.04 Å². The summed E-state index contributed by atoms with van der Waals surface area (Å²) < 4.78 is 10.1. The highest BCUT2D eigenvalue weighted by atomic mass is 16.6. The predicted molar refractivity (Wildman–Crippen MR) is 92.0 cm³/mol. The maximum Gasteiger partial charge on any atom is 0.335 e. The van der Waals surface area contributed by atoms with E-state index in [-0.39, 0.29) is 6.61 Å². The molecule has 1 N–H and O–H groups in total. The van der Waals surface area contributed by atoms with Crippen LogP contribution in [0.3, 0.4) is 0 Å². The molecule has 0 heterocycles. The van der Waals surface area contributed by atoms with Gasteiger partial charge in [0.15, 0.2) is 6.04 Å². The lowest BCUT2D eigenvalue weighted by atomic mass is 10.0. The van der Waals surface area contributed by atoms with Crippen LogP contribution in [-0.2, 0) is 9.53 Å². The number of nitrogens with one attached hydrogen (secondary N) is 1. The van der Waals surface area contributed by atoms with Crippen LogP contribution in [0.4, 0.5) is 5.69 Å². The molecule has 0 saturated carbocycles. The third-order valence-corrected chi connectivity index (χ3v) is 3.71. The fraction of sp³-hybridized carbons (Fsp3) is 0.588. The second-order valence-electron chi connectivity index (χ2n) is 5.45. The Morgan fingerprint density at radius 1 is 1.25 bits per heavy atom. The van der Waals surface area contributed by atoms with Crippen LogP contribution in [0.2, 0.25) is 0 Å². The molecule has 1 aromatic rings. The van der Waals surface area contributed by atoms with E-state index in [1.54, 1.807) is 38.3 Å². The molecule has 0 radical (unpaired) electrons. The Kier molecular flexibility index (Phi) is 8.60. The summed E-state index contributed by atoms with van der Waals surface area (Å²) in [5, 5.41) is 14.4. The summed E-state index contributed by atoms with van der Waals surface area (Å²) in [6.07, 6.45) is 2.87. The van der Waals surface area contributed by atoms with Crippen LogP contribution in [-0.4, -0.2) is 36.7 Å². The van der Waals surface area contributed by atoms with Crippen molar-refractivity contribution in [2.24, 2.45) is 0 Å². The van der Waals surface area contributed by atoms with Gasteiger partial charge in [0, 0.05) is 17.0 Å². The third-order valence-electron chi connectivity index (χ3n) is 3.71. The number of hydrogen-bond acceptors (Lipinski definition) is 6. The molecule has 0 aliphatic heterocycles. The first kappa shape index (κ1) is 19.7. The summed E-state index contributed by atoms with van der Waals surface area (Å²) >= 11 is 0. The van der Waals surface area contributed by atoms with E-state index in [0.29, 0.717) is 24.3 Å². The van der Waals surface area contributed by atoms with E-state index in [1.165, 1.54) is 0 Å². The number of ether oxygens (including phenoxy) is 2. The van der Waals surface area contributed by atoms with Gasteiger partial charge in [-0.3, -0.25) is 10.1 Å². The standard InChI is InChI=1S/C17H26N2O5/c1-4-6-7-8-15(19(21)22)16(17(20)24-5-2)18-13-9-11-14(23-3)12-10-13/h9-12,15-16,18H,4-8H2,1-3H3/t15-,16+/m1/s1. The Labute approximate surface area is 142 Å². The number of esters is 1. The SMILES string of the molecule is CCCCC[C@H]([C@H](Nc1ccc(OC)cc1)C(=O)OCC)[N+](=O)[O-].